The number of nitrogens with zero attached hydrogens (tertiary/aromatic N) is 1. The largest absolute Gasteiger partial charge is 0.246 e. The second-order valence-corrected chi connectivity index (χ2v) is 4.25. The summed E-state index contributed by atoms with van der Waals surface area (Å²) in [5.41, 5.74) is 4.99. The van der Waals surface area contributed by atoms with Gasteiger partial charge in [0.25, 0.3) is 0 Å². The molecule has 1 aromatic carbocycles. The van der Waals surface area contributed by atoms with Crippen LogP contribution in [0.4, 0.5) is 0 Å². The van der Waals surface area contributed by atoms with Gasteiger partial charge in [0.1, 0.15) is 0 Å². The Bertz CT molecular complexity index is 493. The van der Waals surface area contributed by atoms with E-state index in [4.69, 9.17) is 4.84 Å². The molecule has 0 radical (unpaired) electrons. The summed E-state index contributed by atoms with van der Waals surface area (Å²) in [5.74, 6) is 0.789. The SMILES string of the molecule is c1ccc(C2=NC(c3ccsc3)ON2)cc1. The van der Waals surface area contributed by atoms with E-state index in [2.05, 4.69) is 10.5 Å². The van der Waals surface area contributed by atoms with Crippen LogP contribution in [-0.2, 0) is 4.84 Å². The highest BCUT2D eigenvalue weighted by Crippen LogP contribution is 2.24. The monoisotopic (exact) mass is 230 g/mol. The molecule has 1 atom stereocenters. The topological polar surface area (TPSA) is 33.6 Å². The van der Waals surface area contributed by atoms with E-state index in [0.29, 0.717) is 0 Å². The number of rotatable bonds is 2. The zero-order chi connectivity index (χ0) is 10.8. The van der Waals surface area contributed by atoms with E-state index in [1.807, 2.05) is 47.2 Å². The number of hydroxylamine groups is 1. The zero-order valence-electron chi connectivity index (χ0n) is 8.46. The average molecular weight is 230 g/mol. The smallest absolute Gasteiger partial charge is 0.203 e. The molecule has 1 aromatic heterocycles. The molecule has 1 N–H and O–H groups in total. The fraction of sp³-hybridized carbons (Fsp3) is 0.0833. The van der Waals surface area contributed by atoms with E-state index in [0.717, 1.165) is 17.0 Å². The van der Waals surface area contributed by atoms with Crippen LogP contribution < -0.4 is 5.48 Å². The predicted molar refractivity (Wildman–Crippen MR) is 64.3 cm³/mol. The van der Waals surface area contributed by atoms with Gasteiger partial charge in [0.15, 0.2) is 5.84 Å². The number of hydrogen-bond acceptors (Lipinski definition) is 4. The summed E-state index contributed by atoms with van der Waals surface area (Å²) in [7, 11) is 0. The minimum absolute atomic E-state index is 0.221. The van der Waals surface area contributed by atoms with Crippen LogP contribution >= 0.6 is 11.3 Å². The minimum Gasteiger partial charge on any atom is -0.246 e. The van der Waals surface area contributed by atoms with Gasteiger partial charge in [-0.25, -0.2) is 15.3 Å². The maximum absolute atomic E-state index is 5.42. The first kappa shape index (κ1) is 9.57. The summed E-state index contributed by atoms with van der Waals surface area (Å²) in [6, 6.07) is 12.0. The molecule has 80 valence electrons. The van der Waals surface area contributed by atoms with Crippen LogP contribution in [0.5, 0.6) is 0 Å². The second kappa shape index (κ2) is 4.08. The lowest BCUT2D eigenvalue weighted by Gasteiger charge is -2.01. The molecule has 0 bridgehead atoms. The van der Waals surface area contributed by atoms with Crippen LogP contribution in [0, 0.1) is 0 Å². The van der Waals surface area contributed by atoms with Crippen molar-refractivity contribution < 1.29 is 4.84 Å². The molecule has 1 aliphatic rings. The molecule has 0 saturated heterocycles. The van der Waals surface area contributed by atoms with Crippen molar-refractivity contribution in [3.8, 4) is 0 Å². The number of thiophene rings is 1. The average Bonchev–Trinajstić information content (AvgIpc) is 3.01. The first-order valence-electron chi connectivity index (χ1n) is 5.00. The van der Waals surface area contributed by atoms with E-state index >= 15 is 0 Å². The molecule has 1 unspecified atom stereocenters. The predicted octanol–water partition coefficient (Wildman–Crippen LogP) is 2.73. The van der Waals surface area contributed by atoms with Gasteiger partial charge in [-0.3, -0.25) is 0 Å². The van der Waals surface area contributed by atoms with Crippen molar-refractivity contribution in [2.75, 3.05) is 0 Å². The summed E-state index contributed by atoms with van der Waals surface area (Å²) in [6.45, 7) is 0. The number of benzene rings is 1. The Morgan fingerprint density at radius 1 is 1.19 bits per heavy atom. The molecule has 0 spiro atoms. The molecule has 0 aliphatic carbocycles. The molecule has 0 amide bonds. The van der Waals surface area contributed by atoms with Gasteiger partial charge in [0, 0.05) is 11.1 Å². The fourth-order valence-electron chi connectivity index (χ4n) is 1.57. The lowest BCUT2D eigenvalue weighted by molar-refractivity contribution is 0.0379. The Morgan fingerprint density at radius 3 is 2.81 bits per heavy atom. The van der Waals surface area contributed by atoms with Gasteiger partial charge in [-0.2, -0.15) is 11.3 Å². The molecule has 2 heterocycles. The van der Waals surface area contributed by atoms with Gasteiger partial charge in [-0.1, -0.05) is 30.3 Å². The standard InChI is InChI=1S/C12H10N2OS/c1-2-4-9(5-3-1)11-13-12(15-14-11)10-6-7-16-8-10/h1-8,12H,(H,13,14). The molecule has 3 nitrogen and oxygen atoms in total. The summed E-state index contributed by atoms with van der Waals surface area (Å²) in [6.07, 6.45) is -0.221. The van der Waals surface area contributed by atoms with Crippen molar-refractivity contribution in [1.29, 1.82) is 0 Å². The van der Waals surface area contributed by atoms with Gasteiger partial charge in [-0.05, 0) is 16.8 Å². The van der Waals surface area contributed by atoms with Crippen molar-refractivity contribution in [1.82, 2.24) is 5.48 Å². The molecule has 2 aromatic rings. The van der Waals surface area contributed by atoms with Crippen LogP contribution in [0.25, 0.3) is 0 Å². The van der Waals surface area contributed by atoms with E-state index in [-0.39, 0.29) is 6.23 Å². The summed E-state index contributed by atoms with van der Waals surface area (Å²) in [4.78, 5) is 9.91. The molecule has 3 rings (SSSR count). The van der Waals surface area contributed by atoms with Crippen molar-refractivity contribution in [3.05, 3.63) is 58.3 Å². The molecule has 0 saturated carbocycles. The maximum atomic E-state index is 5.42. The van der Waals surface area contributed by atoms with Crippen LogP contribution in [0.15, 0.2) is 52.2 Å². The number of aliphatic imine (C=N–C) groups is 1. The van der Waals surface area contributed by atoms with E-state index in [1.165, 1.54) is 0 Å². The van der Waals surface area contributed by atoms with Gasteiger partial charge >= 0.3 is 0 Å². The van der Waals surface area contributed by atoms with E-state index in [9.17, 15) is 0 Å². The Hall–Kier alpha value is -1.65. The third-order valence-corrected chi connectivity index (χ3v) is 3.09. The number of nitrogens with one attached hydrogen (secondary N) is 1. The van der Waals surface area contributed by atoms with Gasteiger partial charge < -0.3 is 0 Å². The molecular weight excluding hydrogens is 220 g/mol. The highest BCUT2D eigenvalue weighted by atomic mass is 32.1. The Morgan fingerprint density at radius 2 is 2.06 bits per heavy atom. The Labute approximate surface area is 97.4 Å². The van der Waals surface area contributed by atoms with Gasteiger partial charge in [0.05, 0.1) is 0 Å². The van der Waals surface area contributed by atoms with Gasteiger partial charge in [-0.15, -0.1) is 0 Å². The minimum atomic E-state index is -0.221. The zero-order valence-corrected chi connectivity index (χ0v) is 9.28. The number of hydrogen-bond donors (Lipinski definition) is 1. The summed E-state index contributed by atoms with van der Waals surface area (Å²) < 4.78 is 0. The Kier molecular flexibility index (Phi) is 2.44. The molecule has 0 fully saturated rings. The third kappa shape index (κ3) is 1.73. The molecule has 16 heavy (non-hydrogen) atoms. The van der Waals surface area contributed by atoms with E-state index < -0.39 is 0 Å². The molecule has 1 aliphatic heterocycles. The van der Waals surface area contributed by atoms with E-state index in [1.54, 1.807) is 11.3 Å². The van der Waals surface area contributed by atoms with Crippen molar-refractivity contribution >= 4 is 17.2 Å². The van der Waals surface area contributed by atoms with Crippen LogP contribution in [0.2, 0.25) is 0 Å². The van der Waals surface area contributed by atoms with Crippen LogP contribution in [-0.4, -0.2) is 5.84 Å². The summed E-state index contributed by atoms with van der Waals surface area (Å²) >= 11 is 1.65. The lowest BCUT2D eigenvalue weighted by Crippen LogP contribution is -2.17. The molecular formula is C12H10N2OS. The Balaban J connectivity index is 1.87. The third-order valence-electron chi connectivity index (χ3n) is 2.39. The second-order valence-electron chi connectivity index (χ2n) is 3.47. The molecule has 4 heteroatoms. The van der Waals surface area contributed by atoms with Crippen molar-refractivity contribution in [2.24, 2.45) is 4.99 Å². The quantitative estimate of drug-likeness (QED) is 0.860. The van der Waals surface area contributed by atoms with Gasteiger partial charge in [0.2, 0.25) is 6.23 Å². The first-order valence-corrected chi connectivity index (χ1v) is 5.95. The number of amidine groups is 1. The van der Waals surface area contributed by atoms with Crippen molar-refractivity contribution in [3.63, 3.8) is 0 Å². The van der Waals surface area contributed by atoms with Crippen molar-refractivity contribution in [2.45, 2.75) is 6.23 Å². The fourth-order valence-corrected chi connectivity index (χ4v) is 2.24. The highest BCUT2D eigenvalue weighted by molar-refractivity contribution is 7.07. The first-order chi connectivity index (χ1) is 7.93. The maximum Gasteiger partial charge on any atom is 0.203 e. The van der Waals surface area contributed by atoms with Crippen LogP contribution in [0.1, 0.15) is 17.4 Å². The normalized spacial score (nSPS) is 19.2. The lowest BCUT2D eigenvalue weighted by atomic mass is 10.2. The van der Waals surface area contributed by atoms with Crippen LogP contribution in [0.3, 0.4) is 0 Å². The summed E-state index contributed by atoms with van der Waals surface area (Å²) in [5, 5.41) is 4.07. The highest BCUT2D eigenvalue weighted by Gasteiger charge is 2.20.